The zero-order valence-corrected chi connectivity index (χ0v) is 14.8. The van der Waals surface area contributed by atoms with Gasteiger partial charge < -0.3 is 14.6 Å². The van der Waals surface area contributed by atoms with Crippen molar-refractivity contribution in [2.75, 3.05) is 12.4 Å². The van der Waals surface area contributed by atoms with Gasteiger partial charge in [-0.15, -0.1) is 0 Å². The summed E-state index contributed by atoms with van der Waals surface area (Å²) in [6.45, 7) is 0.0219. The van der Waals surface area contributed by atoms with Crippen LogP contribution in [0.1, 0.15) is 0 Å². The summed E-state index contributed by atoms with van der Waals surface area (Å²) in [5, 5.41) is 4.18. The highest BCUT2D eigenvalue weighted by Gasteiger charge is 2.11. The first-order valence-corrected chi connectivity index (χ1v) is 8.15. The minimum atomic E-state index is -0.277. The highest BCUT2D eigenvalue weighted by atomic mass is 35.5. The second kappa shape index (κ2) is 7.17. The number of carbonyl (C=O) groups is 1. The lowest BCUT2D eigenvalue weighted by molar-refractivity contribution is -0.116. The molecule has 0 aliphatic carbocycles. The maximum absolute atomic E-state index is 12.4. The van der Waals surface area contributed by atoms with Crippen LogP contribution in [0.2, 0.25) is 10.0 Å². The number of pyridine rings is 1. The molecule has 5 nitrogen and oxygen atoms in total. The lowest BCUT2D eigenvalue weighted by Gasteiger charge is -2.13. The zero-order chi connectivity index (χ0) is 18.0. The molecule has 3 rings (SSSR count). The number of fused-ring (bicyclic) bond motifs is 1. The van der Waals surface area contributed by atoms with Crippen molar-refractivity contribution < 1.29 is 9.53 Å². The summed E-state index contributed by atoms with van der Waals surface area (Å²) in [6, 6.07) is 11.4. The van der Waals surface area contributed by atoms with E-state index in [1.54, 1.807) is 47.2 Å². The van der Waals surface area contributed by atoms with Crippen LogP contribution in [0, 0.1) is 0 Å². The number of carbonyl (C=O) groups excluding carboxylic acids is 1. The number of methoxy groups -OCH3 is 1. The van der Waals surface area contributed by atoms with Crippen molar-refractivity contribution in [1.82, 2.24) is 4.57 Å². The number of benzene rings is 2. The lowest BCUT2D eigenvalue weighted by atomic mass is 10.2. The van der Waals surface area contributed by atoms with Crippen LogP contribution < -0.4 is 15.5 Å². The van der Waals surface area contributed by atoms with Gasteiger partial charge in [0.25, 0.3) is 0 Å². The van der Waals surface area contributed by atoms with E-state index < -0.39 is 0 Å². The van der Waals surface area contributed by atoms with E-state index in [-0.39, 0.29) is 17.9 Å². The summed E-state index contributed by atoms with van der Waals surface area (Å²) in [6.07, 6.45) is 1.58. The van der Waals surface area contributed by atoms with E-state index in [2.05, 4.69) is 5.32 Å². The minimum absolute atomic E-state index is 0.0219. The van der Waals surface area contributed by atoms with Gasteiger partial charge in [0.1, 0.15) is 12.3 Å². The first kappa shape index (κ1) is 17.3. The quantitative estimate of drug-likeness (QED) is 0.749. The van der Waals surface area contributed by atoms with Gasteiger partial charge in [0.05, 0.1) is 18.3 Å². The Labute approximate surface area is 153 Å². The Morgan fingerprint density at radius 3 is 2.60 bits per heavy atom. The molecule has 1 N–H and O–H groups in total. The molecule has 0 aliphatic rings. The number of aromatic nitrogens is 1. The molecule has 0 bridgehead atoms. The van der Waals surface area contributed by atoms with Crippen LogP contribution in [-0.2, 0) is 11.3 Å². The molecule has 0 fully saturated rings. The summed E-state index contributed by atoms with van der Waals surface area (Å²) in [4.78, 5) is 24.4. The van der Waals surface area contributed by atoms with Gasteiger partial charge in [-0.25, -0.2) is 0 Å². The van der Waals surface area contributed by atoms with Gasteiger partial charge in [0.15, 0.2) is 5.43 Å². The summed E-state index contributed by atoms with van der Waals surface area (Å²) >= 11 is 11.9. The van der Waals surface area contributed by atoms with E-state index in [4.69, 9.17) is 27.9 Å². The molecule has 2 aromatic carbocycles. The third kappa shape index (κ3) is 3.78. The van der Waals surface area contributed by atoms with Crippen LogP contribution in [0.4, 0.5) is 5.69 Å². The molecule has 128 valence electrons. The second-order valence-corrected chi connectivity index (χ2v) is 6.24. The van der Waals surface area contributed by atoms with E-state index in [1.807, 2.05) is 0 Å². The number of anilines is 1. The van der Waals surface area contributed by atoms with Crippen LogP contribution in [0.5, 0.6) is 5.75 Å². The fraction of sp³-hybridized carbons (Fsp3) is 0.111. The Morgan fingerprint density at radius 1 is 1.12 bits per heavy atom. The minimum Gasteiger partial charge on any atom is -0.495 e. The molecule has 1 heterocycles. The highest BCUT2D eigenvalue weighted by molar-refractivity contribution is 6.31. The molecule has 0 aliphatic heterocycles. The van der Waals surface area contributed by atoms with E-state index >= 15 is 0 Å². The van der Waals surface area contributed by atoms with Gasteiger partial charge in [-0.1, -0.05) is 23.2 Å². The number of ether oxygens (including phenoxy) is 1. The Hall–Kier alpha value is -2.50. The molecule has 0 radical (unpaired) electrons. The normalized spacial score (nSPS) is 10.7. The van der Waals surface area contributed by atoms with Crippen molar-refractivity contribution in [2.45, 2.75) is 6.54 Å². The van der Waals surface area contributed by atoms with E-state index in [9.17, 15) is 9.59 Å². The largest absolute Gasteiger partial charge is 0.495 e. The summed E-state index contributed by atoms with van der Waals surface area (Å²) in [7, 11) is 1.51. The highest BCUT2D eigenvalue weighted by Crippen LogP contribution is 2.27. The van der Waals surface area contributed by atoms with Crippen molar-refractivity contribution in [3.05, 3.63) is 68.9 Å². The molecule has 1 amide bonds. The lowest BCUT2D eigenvalue weighted by Crippen LogP contribution is -2.20. The van der Waals surface area contributed by atoms with E-state index in [0.717, 1.165) is 0 Å². The first-order chi connectivity index (χ1) is 12.0. The van der Waals surface area contributed by atoms with Crippen molar-refractivity contribution in [1.29, 1.82) is 0 Å². The molecule has 25 heavy (non-hydrogen) atoms. The first-order valence-electron chi connectivity index (χ1n) is 7.40. The zero-order valence-electron chi connectivity index (χ0n) is 13.3. The van der Waals surface area contributed by atoms with Gasteiger partial charge in [-0.2, -0.15) is 0 Å². The predicted molar refractivity (Wildman–Crippen MR) is 99.9 cm³/mol. The van der Waals surface area contributed by atoms with E-state index in [0.29, 0.717) is 32.4 Å². The molecule has 0 atom stereocenters. The maximum Gasteiger partial charge on any atom is 0.244 e. The smallest absolute Gasteiger partial charge is 0.244 e. The third-order valence-electron chi connectivity index (χ3n) is 3.69. The van der Waals surface area contributed by atoms with E-state index in [1.165, 1.54) is 13.2 Å². The van der Waals surface area contributed by atoms with Gasteiger partial charge in [-0.05, 0) is 36.4 Å². The van der Waals surface area contributed by atoms with Gasteiger partial charge in [0.2, 0.25) is 5.91 Å². The van der Waals surface area contributed by atoms with Crippen LogP contribution in [0.25, 0.3) is 10.9 Å². The fourth-order valence-corrected chi connectivity index (χ4v) is 2.89. The Kier molecular flexibility index (Phi) is 4.97. The molecule has 3 aromatic rings. The number of hydrogen-bond acceptors (Lipinski definition) is 3. The molecular formula is C18H14Cl2N2O3. The number of halogens is 2. The Balaban J connectivity index is 1.89. The van der Waals surface area contributed by atoms with Crippen molar-refractivity contribution >= 4 is 45.7 Å². The Morgan fingerprint density at radius 2 is 1.84 bits per heavy atom. The van der Waals surface area contributed by atoms with Crippen LogP contribution in [-0.4, -0.2) is 17.6 Å². The van der Waals surface area contributed by atoms with Crippen molar-refractivity contribution in [3.63, 3.8) is 0 Å². The van der Waals surface area contributed by atoms with Gasteiger partial charge in [0, 0.05) is 27.7 Å². The third-order valence-corrected chi connectivity index (χ3v) is 4.16. The van der Waals surface area contributed by atoms with Crippen molar-refractivity contribution in [2.24, 2.45) is 0 Å². The number of rotatable bonds is 4. The topological polar surface area (TPSA) is 60.3 Å². The van der Waals surface area contributed by atoms with Gasteiger partial charge in [-0.3, -0.25) is 9.59 Å². The average Bonchev–Trinajstić information content (AvgIpc) is 2.58. The monoisotopic (exact) mass is 376 g/mol. The van der Waals surface area contributed by atoms with Crippen LogP contribution in [0.3, 0.4) is 0 Å². The Bertz CT molecular complexity index is 1010. The molecular weight excluding hydrogens is 363 g/mol. The molecule has 0 saturated heterocycles. The number of nitrogens with one attached hydrogen (secondary N) is 1. The molecule has 0 spiro atoms. The molecule has 7 heteroatoms. The summed E-state index contributed by atoms with van der Waals surface area (Å²) < 4.78 is 6.89. The van der Waals surface area contributed by atoms with Crippen LogP contribution in [0.15, 0.2) is 53.5 Å². The second-order valence-electron chi connectivity index (χ2n) is 5.36. The molecule has 0 saturated carbocycles. The van der Waals surface area contributed by atoms with Crippen molar-refractivity contribution in [3.8, 4) is 5.75 Å². The number of nitrogens with zero attached hydrogens (tertiary/aromatic N) is 1. The SMILES string of the molecule is COc1ccc(Cl)cc1NC(=O)Cn1ccc(=O)c2cc(Cl)ccc21. The number of amides is 1. The molecule has 0 unspecified atom stereocenters. The fourth-order valence-electron chi connectivity index (χ4n) is 2.54. The standard InChI is InChI=1S/C18H14Cl2N2O3/c1-25-17-5-3-12(20)9-14(17)21-18(24)10-22-7-6-16(23)13-8-11(19)2-4-15(13)22/h2-9H,10H2,1H3,(H,21,24). The molecule has 1 aromatic heterocycles. The van der Waals surface area contributed by atoms with Gasteiger partial charge >= 0.3 is 0 Å². The predicted octanol–water partition coefficient (Wildman–Crippen LogP) is 3.96. The number of hydrogen-bond donors (Lipinski definition) is 1. The summed E-state index contributed by atoms with van der Waals surface area (Å²) in [5.41, 5.74) is 0.962. The average molecular weight is 377 g/mol. The summed E-state index contributed by atoms with van der Waals surface area (Å²) in [5.74, 6) is 0.231. The van der Waals surface area contributed by atoms with Crippen LogP contribution >= 0.6 is 23.2 Å². The maximum atomic E-state index is 12.4.